The van der Waals surface area contributed by atoms with Gasteiger partial charge in [0, 0.05) is 38.0 Å². The van der Waals surface area contributed by atoms with Gasteiger partial charge in [-0.25, -0.2) is 0 Å². The van der Waals surface area contributed by atoms with E-state index in [2.05, 4.69) is 5.32 Å². The molecule has 1 N–H and O–H groups in total. The van der Waals surface area contributed by atoms with Gasteiger partial charge in [0.15, 0.2) is 0 Å². The second-order valence-electron chi connectivity index (χ2n) is 7.77. The predicted octanol–water partition coefficient (Wildman–Crippen LogP) is 1.94. The van der Waals surface area contributed by atoms with E-state index in [1.807, 2.05) is 49.1 Å². The Bertz CT molecular complexity index is 681. The van der Waals surface area contributed by atoms with Gasteiger partial charge in [-0.15, -0.1) is 0 Å². The molecule has 2 saturated heterocycles. The van der Waals surface area contributed by atoms with Crippen molar-refractivity contribution in [1.82, 2.24) is 15.1 Å². The second-order valence-corrected chi connectivity index (χ2v) is 7.77. The molecule has 1 aromatic rings. The van der Waals surface area contributed by atoms with E-state index in [9.17, 15) is 14.4 Å². The van der Waals surface area contributed by atoms with E-state index in [1.54, 1.807) is 4.90 Å². The van der Waals surface area contributed by atoms with Crippen LogP contribution in [0.25, 0.3) is 0 Å². The van der Waals surface area contributed by atoms with E-state index >= 15 is 0 Å². The van der Waals surface area contributed by atoms with Crippen LogP contribution in [0.3, 0.4) is 0 Å². The van der Waals surface area contributed by atoms with Crippen molar-refractivity contribution >= 4 is 17.7 Å². The molecule has 0 spiro atoms. The van der Waals surface area contributed by atoms with Gasteiger partial charge < -0.3 is 15.1 Å². The topological polar surface area (TPSA) is 69.7 Å². The van der Waals surface area contributed by atoms with Crippen LogP contribution in [-0.2, 0) is 20.9 Å². The molecule has 3 rings (SSSR count). The number of hydrogen-bond donors (Lipinski definition) is 1. The Hall–Kier alpha value is -2.37. The summed E-state index contributed by atoms with van der Waals surface area (Å²) in [4.78, 5) is 41.0. The summed E-state index contributed by atoms with van der Waals surface area (Å²) in [7, 11) is 0. The average Bonchev–Trinajstić information content (AvgIpc) is 3.08. The number of benzene rings is 1. The van der Waals surface area contributed by atoms with Crippen molar-refractivity contribution in [1.29, 1.82) is 0 Å². The first kappa shape index (κ1) is 19.4. The highest BCUT2D eigenvalue weighted by atomic mass is 16.2. The van der Waals surface area contributed by atoms with Gasteiger partial charge in [-0.2, -0.15) is 0 Å². The molecule has 1 atom stereocenters. The second kappa shape index (κ2) is 8.55. The molecule has 2 fully saturated rings. The lowest BCUT2D eigenvalue weighted by Gasteiger charge is -2.39. The molecule has 2 heterocycles. The highest BCUT2D eigenvalue weighted by molar-refractivity contribution is 5.91. The molecule has 6 nitrogen and oxygen atoms in total. The molecule has 27 heavy (non-hydrogen) atoms. The summed E-state index contributed by atoms with van der Waals surface area (Å²) < 4.78 is 0. The van der Waals surface area contributed by atoms with Crippen molar-refractivity contribution in [3.8, 4) is 0 Å². The zero-order chi connectivity index (χ0) is 19.4. The van der Waals surface area contributed by atoms with E-state index < -0.39 is 6.04 Å². The minimum atomic E-state index is -0.390. The maximum atomic E-state index is 12.7. The molecular formula is C21H29N3O3. The molecule has 0 aliphatic carbocycles. The Morgan fingerprint density at radius 1 is 1.11 bits per heavy atom. The van der Waals surface area contributed by atoms with Gasteiger partial charge in [0.1, 0.15) is 6.04 Å². The van der Waals surface area contributed by atoms with E-state index in [0.717, 1.165) is 18.4 Å². The monoisotopic (exact) mass is 371 g/mol. The lowest BCUT2D eigenvalue weighted by molar-refractivity contribution is -0.141. The van der Waals surface area contributed by atoms with Gasteiger partial charge in [-0.1, -0.05) is 44.2 Å². The van der Waals surface area contributed by atoms with Gasteiger partial charge in [0.2, 0.25) is 17.7 Å². The fourth-order valence-electron chi connectivity index (χ4n) is 4.05. The summed E-state index contributed by atoms with van der Waals surface area (Å²) in [5.41, 5.74) is 1.04. The van der Waals surface area contributed by atoms with Gasteiger partial charge in [0.05, 0.1) is 0 Å². The van der Waals surface area contributed by atoms with Crippen molar-refractivity contribution in [3.05, 3.63) is 35.9 Å². The van der Waals surface area contributed by atoms with Crippen molar-refractivity contribution in [2.24, 2.45) is 5.92 Å². The third-order valence-corrected chi connectivity index (χ3v) is 5.53. The van der Waals surface area contributed by atoms with Gasteiger partial charge >= 0.3 is 0 Å². The minimum absolute atomic E-state index is 0.00789. The first-order valence-electron chi connectivity index (χ1n) is 9.89. The van der Waals surface area contributed by atoms with E-state index in [0.29, 0.717) is 32.5 Å². The number of likely N-dealkylation sites (tertiary alicyclic amines) is 2. The number of rotatable bonds is 5. The number of carbonyl (C=O) groups is 3. The van der Waals surface area contributed by atoms with Gasteiger partial charge in [-0.05, 0) is 24.8 Å². The molecule has 1 unspecified atom stereocenters. The van der Waals surface area contributed by atoms with Crippen LogP contribution < -0.4 is 5.32 Å². The third kappa shape index (κ3) is 4.49. The molecule has 0 bridgehead atoms. The highest BCUT2D eigenvalue weighted by Crippen LogP contribution is 2.27. The molecule has 0 saturated carbocycles. The Labute approximate surface area is 160 Å². The Morgan fingerprint density at radius 3 is 2.41 bits per heavy atom. The SMILES string of the molecule is CC(C)C(=O)N1CCC(N2C(=O)CCC2C(=O)NCc2ccccc2)CC1. The minimum Gasteiger partial charge on any atom is -0.350 e. The van der Waals surface area contributed by atoms with E-state index in [-0.39, 0.29) is 29.7 Å². The lowest BCUT2D eigenvalue weighted by atomic mass is 10.0. The van der Waals surface area contributed by atoms with Gasteiger partial charge in [-0.3, -0.25) is 14.4 Å². The quantitative estimate of drug-likeness (QED) is 0.860. The largest absolute Gasteiger partial charge is 0.350 e. The number of carbonyl (C=O) groups excluding carboxylic acids is 3. The van der Waals surface area contributed by atoms with Gasteiger partial charge in [0.25, 0.3) is 0 Å². The standard InChI is InChI=1S/C21H29N3O3/c1-15(2)21(27)23-12-10-17(11-13-23)24-18(8-9-19(24)25)20(26)22-14-16-6-4-3-5-7-16/h3-7,15,17-18H,8-14H2,1-2H3,(H,22,26). The summed E-state index contributed by atoms with van der Waals surface area (Å²) >= 11 is 0. The maximum absolute atomic E-state index is 12.7. The molecule has 2 aliphatic heterocycles. The Balaban J connectivity index is 1.58. The molecule has 3 amide bonds. The first-order chi connectivity index (χ1) is 13.0. The molecule has 1 aromatic carbocycles. The average molecular weight is 371 g/mol. The summed E-state index contributed by atoms with van der Waals surface area (Å²) in [6.45, 7) is 5.60. The zero-order valence-corrected chi connectivity index (χ0v) is 16.2. The number of nitrogens with zero attached hydrogens (tertiary/aromatic N) is 2. The summed E-state index contributed by atoms with van der Waals surface area (Å²) in [5.74, 6) is 0.138. The number of hydrogen-bond acceptors (Lipinski definition) is 3. The number of nitrogens with one attached hydrogen (secondary N) is 1. The fraction of sp³-hybridized carbons (Fsp3) is 0.571. The summed E-state index contributed by atoms with van der Waals surface area (Å²) in [6.07, 6.45) is 2.48. The van der Waals surface area contributed by atoms with Crippen molar-refractivity contribution < 1.29 is 14.4 Å². The lowest BCUT2D eigenvalue weighted by Crippen LogP contribution is -2.53. The predicted molar refractivity (Wildman–Crippen MR) is 103 cm³/mol. The summed E-state index contributed by atoms with van der Waals surface area (Å²) in [5, 5.41) is 2.98. The molecule has 0 radical (unpaired) electrons. The molecule has 2 aliphatic rings. The van der Waals surface area contributed by atoms with Crippen LogP contribution in [-0.4, -0.2) is 52.7 Å². The Morgan fingerprint density at radius 2 is 1.78 bits per heavy atom. The van der Waals surface area contributed by atoms with Crippen LogP contribution in [0, 0.1) is 5.92 Å². The van der Waals surface area contributed by atoms with Crippen LogP contribution >= 0.6 is 0 Å². The normalized spacial score (nSPS) is 21.0. The zero-order valence-electron chi connectivity index (χ0n) is 16.2. The van der Waals surface area contributed by atoms with E-state index in [1.165, 1.54) is 0 Å². The molecule has 0 aromatic heterocycles. The van der Waals surface area contributed by atoms with Crippen LogP contribution in [0.4, 0.5) is 0 Å². The third-order valence-electron chi connectivity index (χ3n) is 5.53. The molecule has 6 heteroatoms. The van der Waals surface area contributed by atoms with Crippen LogP contribution in [0.2, 0.25) is 0 Å². The van der Waals surface area contributed by atoms with Crippen LogP contribution in [0.5, 0.6) is 0 Å². The highest BCUT2D eigenvalue weighted by Gasteiger charge is 2.41. The number of amides is 3. The molecule has 146 valence electrons. The van der Waals surface area contributed by atoms with Crippen LogP contribution in [0.15, 0.2) is 30.3 Å². The van der Waals surface area contributed by atoms with Crippen molar-refractivity contribution in [2.45, 2.75) is 58.2 Å². The van der Waals surface area contributed by atoms with Crippen molar-refractivity contribution in [2.75, 3.05) is 13.1 Å². The van der Waals surface area contributed by atoms with E-state index in [4.69, 9.17) is 0 Å². The number of piperidine rings is 1. The fourth-order valence-corrected chi connectivity index (χ4v) is 4.05. The smallest absolute Gasteiger partial charge is 0.243 e. The maximum Gasteiger partial charge on any atom is 0.243 e. The molecular weight excluding hydrogens is 342 g/mol. The first-order valence-corrected chi connectivity index (χ1v) is 9.89. The van der Waals surface area contributed by atoms with Crippen molar-refractivity contribution in [3.63, 3.8) is 0 Å². The van der Waals surface area contributed by atoms with Crippen LogP contribution in [0.1, 0.15) is 45.1 Å². The summed E-state index contributed by atoms with van der Waals surface area (Å²) in [6, 6.07) is 9.43. The Kier molecular flexibility index (Phi) is 6.14.